The maximum Gasteiger partial charge on any atom is 0.319 e. The van der Waals surface area contributed by atoms with Gasteiger partial charge in [-0.05, 0) is 53.4 Å². The predicted molar refractivity (Wildman–Crippen MR) is 84.4 cm³/mol. The molecular weight excluding hydrogens is 336 g/mol. The van der Waals surface area contributed by atoms with E-state index in [9.17, 15) is 14.7 Å². The number of amides is 2. The van der Waals surface area contributed by atoms with Crippen molar-refractivity contribution >= 4 is 33.6 Å². The summed E-state index contributed by atoms with van der Waals surface area (Å²) in [7, 11) is 0. The van der Waals surface area contributed by atoms with Gasteiger partial charge in [-0.1, -0.05) is 18.9 Å². The number of carboxylic acid groups (broad SMARTS) is 1. The maximum atomic E-state index is 12.0. The molecule has 0 heterocycles. The second-order valence-corrected chi connectivity index (χ2v) is 6.27. The molecule has 2 amide bonds. The van der Waals surface area contributed by atoms with Crippen molar-refractivity contribution in [1.82, 2.24) is 5.32 Å². The molecule has 2 atom stereocenters. The molecule has 0 saturated heterocycles. The number of halogens is 1. The molecule has 0 spiro atoms. The zero-order chi connectivity index (χ0) is 15.4. The lowest BCUT2D eigenvalue weighted by Gasteiger charge is -2.29. The minimum absolute atomic E-state index is 0.305. The third kappa shape index (κ3) is 4.20. The third-order valence-electron chi connectivity index (χ3n) is 3.77. The lowest BCUT2D eigenvalue weighted by atomic mass is 9.84. The summed E-state index contributed by atoms with van der Waals surface area (Å²) in [5.74, 6) is -1.33. The fourth-order valence-electron chi connectivity index (χ4n) is 2.65. The Morgan fingerprint density at radius 3 is 2.67 bits per heavy atom. The van der Waals surface area contributed by atoms with Crippen molar-refractivity contribution in [2.75, 3.05) is 5.32 Å². The van der Waals surface area contributed by atoms with Crippen LogP contribution in [0.5, 0.6) is 0 Å². The Balaban J connectivity index is 1.98. The Bertz CT molecular complexity index is 548. The van der Waals surface area contributed by atoms with Gasteiger partial charge in [0, 0.05) is 10.5 Å². The number of anilines is 1. The van der Waals surface area contributed by atoms with Crippen LogP contribution < -0.4 is 10.6 Å². The Morgan fingerprint density at radius 2 is 2.00 bits per heavy atom. The molecule has 0 bridgehead atoms. The van der Waals surface area contributed by atoms with Gasteiger partial charge >= 0.3 is 12.0 Å². The van der Waals surface area contributed by atoms with Gasteiger partial charge in [-0.15, -0.1) is 0 Å². The molecule has 0 radical (unpaired) electrons. The van der Waals surface area contributed by atoms with E-state index in [0.717, 1.165) is 22.9 Å². The van der Waals surface area contributed by atoms with Crippen LogP contribution in [-0.4, -0.2) is 23.1 Å². The van der Waals surface area contributed by atoms with E-state index in [-0.39, 0.29) is 12.1 Å². The van der Waals surface area contributed by atoms with Crippen molar-refractivity contribution in [1.29, 1.82) is 0 Å². The number of aliphatic carboxylic acids is 1. The zero-order valence-corrected chi connectivity index (χ0v) is 13.4. The van der Waals surface area contributed by atoms with Crippen molar-refractivity contribution in [2.45, 2.75) is 38.6 Å². The van der Waals surface area contributed by atoms with Gasteiger partial charge in [-0.3, -0.25) is 4.79 Å². The van der Waals surface area contributed by atoms with E-state index in [4.69, 9.17) is 0 Å². The van der Waals surface area contributed by atoms with Gasteiger partial charge < -0.3 is 15.7 Å². The number of carbonyl (C=O) groups is 2. The molecule has 1 aromatic carbocycles. The largest absolute Gasteiger partial charge is 0.481 e. The van der Waals surface area contributed by atoms with Crippen LogP contribution in [0.1, 0.15) is 31.2 Å². The van der Waals surface area contributed by atoms with Gasteiger partial charge in [0.25, 0.3) is 0 Å². The Labute approximate surface area is 132 Å². The number of nitrogens with one attached hydrogen (secondary N) is 2. The Morgan fingerprint density at radius 1 is 1.29 bits per heavy atom. The SMILES string of the molecule is Cc1ccc(NC(=O)NC2CCCCC2C(=O)O)c(Br)c1. The van der Waals surface area contributed by atoms with E-state index in [0.29, 0.717) is 18.5 Å². The van der Waals surface area contributed by atoms with E-state index in [1.54, 1.807) is 0 Å². The predicted octanol–water partition coefficient (Wildman–Crippen LogP) is 3.52. The van der Waals surface area contributed by atoms with Gasteiger partial charge in [0.1, 0.15) is 0 Å². The first-order valence-corrected chi connectivity index (χ1v) is 7.83. The highest BCUT2D eigenvalue weighted by atomic mass is 79.9. The Kier molecular flexibility index (Phi) is 5.22. The topological polar surface area (TPSA) is 78.4 Å². The number of hydrogen-bond donors (Lipinski definition) is 3. The lowest BCUT2D eigenvalue weighted by Crippen LogP contribution is -2.46. The van der Waals surface area contributed by atoms with Gasteiger partial charge in [-0.2, -0.15) is 0 Å². The second kappa shape index (κ2) is 6.93. The van der Waals surface area contributed by atoms with Crippen LogP contribution in [0.4, 0.5) is 10.5 Å². The fourth-order valence-corrected chi connectivity index (χ4v) is 3.24. The van der Waals surface area contributed by atoms with Gasteiger partial charge in [0.05, 0.1) is 11.6 Å². The van der Waals surface area contributed by atoms with Crippen molar-refractivity contribution in [3.8, 4) is 0 Å². The molecule has 5 nitrogen and oxygen atoms in total. The number of benzene rings is 1. The molecule has 2 unspecified atom stereocenters. The lowest BCUT2D eigenvalue weighted by molar-refractivity contribution is -0.143. The second-order valence-electron chi connectivity index (χ2n) is 5.42. The number of carboxylic acids is 1. The van der Waals surface area contributed by atoms with Crippen molar-refractivity contribution in [2.24, 2.45) is 5.92 Å². The molecule has 0 aromatic heterocycles. The normalized spacial score (nSPS) is 21.6. The molecule has 1 saturated carbocycles. The highest BCUT2D eigenvalue weighted by Gasteiger charge is 2.31. The summed E-state index contributed by atoms with van der Waals surface area (Å²) >= 11 is 3.40. The minimum atomic E-state index is -0.837. The van der Waals surface area contributed by atoms with Crippen LogP contribution in [0.15, 0.2) is 22.7 Å². The minimum Gasteiger partial charge on any atom is -0.481 e. The average Bonchev–Trinajstić information content (AvgIpc) is 2.42. The van der Waals surface area contributed by atoms with Crippen molar-refractivity contribution in [3.63, 3.8) is 0 Å². The first-order chi connectivity index (χ1) is 9.97. The van der Waals surface area contributed by atoms with E-state index in [1.165, 1.54) is 0 Å². The maximum absolute atomic E-state index is 12.0. The summed E-state index contributed by atoms with van der Waals surface area (Å²) in [6, 6.07) is 4.96. The van der Waals surface area contributed by atoms with Crippen molar-refractivity contribution < 1.29 is 14.7 Å². The number of urea groups is 1. The molecule has 2 rings (SSSR count). The van der Waals surface area contributed by atoms with Gasteiger partial charge in [0.2, 0.25) is 0 Å². The first-order valence-electron chi connectivity index (χ1n) is 7.04. The zero-order valence-electron chi connectivity index (χ0n) is 11.9. The van der Waals surface area contributed by atoms with Crippen LogP contribution in [0.3, 0.4) is 0 Å². The number of aryl methyl sites for hydroxylation is 1. The van der Waals surface area contributed by atoms with E-state index in [1.807, 2.05) is 25.1 Å². The molecule has 6 heteroatoms. The molecule has 1 fully saturated rings. The summed E-state index contributed by atoms with van der Waals surface area (Å²) < 4.78 is 0.802. The monoisotopic (exact) mass is 354 g/mol. The third-order valence-corrected chi connectivity index (χ3v) is 4.43. The van der Waals surface area contributed by atoms with Crippen molar-refractivity contribution in [3.05, 3.63) is 28.2 Å². The van der Waals surface area contributed by atoms with Crippen LogP contribution >= 0.6 is 15.9 Å². The highest BCUT2D eigenvalue weighted by Crippen LogP contribution is 2.26. The van der Waals surface area contributed by atoms with Gasteiger partial charge in [0.15, 0.2) is 0 Å². The molecule has 114 valence electrons. The molecule has 21 heavy (non-hydrogen) atoms. The van der Waals surface area contributed by atoms with Crippen LogP contribution in [-0.2, 0) is 4.79 Å². The van der Waals surface area contributed by atoms with Crippen LogP contribution in [0.2, 0.25) is 0 Å². The van der Waals surface area contributed by atoms with E-state index >= 15 is 0 Å². The average molecular weight is 355 g/mol. The standard InChI is InChI=1S/C15H19BrN2O3/c1-9-6-7-13(11(16)8-9)18-15(21)17-12-5-3-2-4-10(12)14(19)20/h6-8,10,12H,2-5H2,1H3,(H,19,20)(H2,17,18,21). The molecule has 3 N–H and O–H groups in total. The highest BCUT2D eigenvalue weighted by molar-refractivity contribution is 9.10. The summed E-state index contributed by atoms with van der Waals surface area (Å²) in [4.78, 5) is 23.3. The smallest absolute Gasteiger partial charge is 0.319 e. The summed E-state index contributed by atoms with van der Waals surface area (Å²) in [6.07, 6.45) is 3.18. The number of hydrogen-bond acceptors (Lipinski definition) is 2. The first kappa shape index (κ1) is 15.8. The molecule has 1 aliphatic carbocycles. The van der Waals surface area contributed by atoms with Crippen LogP contribution in [0.25, 0.3) is 0 Å². The van der Waals surface area contributed by atoms with E-state index in [2.05, 4.69) is 26.6 Å². The molecule has 1 aliphatic rings. The summed E-state index contributed by atoms with van der Waals surface area (Å²) in [5, 5.41) is 14.7. The molecule has 0 aliphatic heterocycles. The number of rotatable bonds is 3. The molecular formula is C15H19BrN2O3. The Hall–Kier alpha value is -1.56. The quantitative estimate of drug-likeness (QED) is 0.776. The van der Waals surface area contributed by atoms with Crippen LogP contribution in [0, 0.1) is 12.8 Å². The molecule has 1 aromatic rings. The summed E-state index contributed by atoms with van der Waals surface area (Å²) in [5.41, 5.74) is 1.76. The van der Waals surface area contributed by atoms with Gasteiger partial charge in [-0.25, -0.2) is 4.79 Å². The number of carbonyl (C=O) groups excluding carboxylic acids is 1. The fraction of sp³-hybridized carbons (Fsp3) is 0.467. The summed E-state index contributed by atoms with van der Waals surface area (Å²) in [6.45, 7) is 1.97. The van der Waals surface area contributed by atoms with E-state index < -0.39 is 11.9 Å².